The van der Waals surface area contributed by atoms with Crippen molar-refractivity contribution in [1.82, 2.24) is 5.32 Å². The number of carbonyl (C=O) groups excluding carboxylic acids is 1. The average molecular weight is 866 g/mol. The summed E-state index contributed by atoms with van der Waals surface area (Å²) in [5.74, 6) is -0.673. The molecule has 0 aromatic rings. The molecular weight excluding hydrogens is 779 g/mol. The highest BCUT2D eigenvalue weighted by molar-refractivity contribution is 7.80. The second kappa shape index (κ2) is 36.3. The van der Waals surface area contributed by atoms with Crippen molar-refractivity contribution in [2.24, 2.45) is 0 Å². The van der Waals surface area contributed by atoms with E-state index in [0.717, 1.165) is 64.2 Å². The predicted octanol–water partition coefficient (Wildman–Crippen LogP) is 8.14. The van der Waals surface area contributed by atoms with Crippen molar-refractivity contribution in [3.63, 3.8) is 0 Å². The van der Waals surface area contributed by atoms with Gasteiger partial charge in [0.1, 0.15) is 30.5 Å². The van der Waals surface area contributed by atoms with Crippen molar-refractivity contribution < 1.29 is 57.0 Å². The summed E-state index contributed by atoms with van der Waals surface area (Å²) in [4.78, 5) is 13.1. The van der Waals surface area contributed by atoms with Crippen LogP contribution < -0.4 is 5.32 Å². The number of rotatable bonds is 40. The quantitative estimate of drug-likeness (QED) is 0.0177. The van der Waals surface area contributed by atoms with E-state index in [2.05, 4.69) is 35.5 Å². The monoisotopic (exact) mass is 866 g/mol. The lowest BCUT2D eigenvalue weighted by atomic mass is 9.99. The largest absolute Gasteiger partial charge is 0.397 e. The van der Waals surface area contributed by atoms with E-state index >= 15 is 0 Å². The Labute approximate surface area is 358 Å². The molecule has 1 aliphatic rings. The van der Waals surface area contributed by atoms with Gasteiger partial charge in [0.15, 0.2) is 6.29 Å². The van der Waals surface area contributed by atoms with Gasteiger partial charge in [-0.25, -0.2) is 4.18 Å². The highest BCUT2D eigenvalue weighted by Gasteiger charge is 2.48. The molecule has 0 aliphatic carbocycles. The van der Waals surface area contributed by atoms with E-state index in [-0.39, 0.29) is 6.42 Å². The first-order valence-electron chi connectivity index (χ1n) is 23.7. The lowest BCUT2D eigenvalue weighted by Crippen LogP contribution is -2.61. The summed E-state index contributed by atoms with van der Waals surface area (Å²) in [6.07, 6.45) is 26.8. The topological polar surface area (TPSA) is 212 Å². The van der Waals surface area contributed by atoms with Crippen LogP contribution in [0.25, 0.3) is 0 Å². The predicted molar refractivity (Wildman–Crippen MR) is 233 cm³/mol. The van der Waals surface area contributed by atoms with Gasteiger partial charge < -0.3 is 40.3 Å². The smallest absolute Gasteiger partial charge is 0.394 e. The number of nitrogens with one attached hydrogen (secondary N) is 1. The summed E-state index contributed by atoms with van der Waals surface area (Å²) in [7, 11) is -5.11. The van der Waals surface area contributed by atoms with E-state index in [4.69, 9.17) is 9.47 Å². The Bertz CT molecular complexity index is 1130. The third kappa shape index (κ3) is 28.9. The summed E-state index contributed by atoms with van der Waals surface area (Å²) < 4.78 is 47.6. The van der Waals surface area contributed by atoms with Crippen LogP contribution in [0.1, 0.15) is 206 Å². The molecule has 0 aromatic carbocycles. The molecule has 350 valence electrons. The number of ether oxygens (including phenoxy) is 2. The van der Waals surface area contributed by atoms with Crippen molar-refractivity contribution >= 4 is 16.3 Å². The molecule has 1 rings (SSSR count). The van der Waals surface area contributed by atoms with Crippen LogP contribution in [0.2, 0.25) is 0 Å². The zero-order valence-corrected chi connectivity index (χ0v) is 37.8. The Morgan fingerprint density at radius 3 is 1.53 bits per heavy atom. The van der Waals surface area contributed by atoms with E-state index in [9.17, 15) is 43.3 Å². The van der Waals surface area contributed by atoms with Crippen LogP contribution in [0, 0.1) is 0 Å². The van der Waals surface area contributed by atoms with Crippen LogP contribution in [0.3, 0.4) is 0 Å². The van der Waals surface area contributed by atoms with E-state index in [0.29, 0.717) is 19.3 Å². The third-order valence-electron chi connectivity index (χ3n) is 11.4. The van der Waals surface area contributed by atoms with Crippen LogP contribution in [0.15, 0.2) is 12.2 Å². The van der Waals surface area contributed by atoms with E-state index in [1.807, 2.05) is 0 Å². The molecule has 7 N–H and O–H groups in total. The van der Waals surface area contributed by atoms with Gasteiger partial charge in [0.25, 0.3) is 0 Å². The summed E-state index contributed by atoms with van der Waals surface area (Å²) in [5.41, 5.74) is 0. The van der Waals surface area contributed by atoms with Crippen LogP contribution in [0.4, 0.5) is 0 Å². The Morgan fingerprint density at radius 1 is 0.661 bits per heavy atom. The Kier molecular flexibility index (Phi) is 34.3. The minimum atomic E-state index is -5.11. The maximum atomic E-state index is 13.1. The van der Waals surface area contributed by atoms with E-state index < -0.39 is 78.5 Å². The van der Waals surface area contributed by atoms with Gasteiger partial charge in [0, 0.05) is 0 Å². The molecule has 0 spiro atoms. The second-order valence-electron chi connectivity index (χ2n) is 16.8. The van der Waals surface area contributed by atoms with Crippen LogP contribution in [-0.2, 0) is 28.9 Å². The Morgan fingerprint density at radius 2 is 1.08 bits per heavy atom. The summed E-state index contributed by atoms with van der Waals surface area (Å²) in [5, 5.41) is 55.4. The van der Waals surface area contributed by atoms with Gasteiger partial charge in [-0.3, -0.25) is 9.35 Å². The van der Waals surface area contributed by atoms with Gasteiger partial charge >= 0.3 is 10.4 Å². The van der Waals surface area contributed by atoms with Gasteiger partial charge in [-0.2, -0.15) is 8.42 Å². The molecule has 8 unspecified atom stereocenters. The van der Waals surface area contributed by atoms with Gasteiger partial charge in [-0.1, -0.05) is 180 Å². The zero-order valence-electron chi connectivity index (χ0n) is 36.9. The Balaban J connectivity index is 2.55. The molecule has 0 saturated carbocycles. The molecule has 1 saturated heterocycles. The molecule has 59 heavy (non-hydrogen) atoms. The molecule has 1 fully saturated rings. The van der Waals surface area contributed by atoms with Crippen molar-refractivity contribution in [3.8, 4) is 0 Å². The number of aliphatic hydroxyl groups is 5. The second-order valence-corrected chi connectivity index (χ2v) is 17.9. The molecule has 1 aliphatic heterocycles. The molecule has 1 heterocycles. The zero-order chi connectivity index (χ0) is 43.6. The normalized spacial score (nSPS) is 21.5. The standard InChI is InChI=1S/C45H87NO12S/c1-3-5-7-9-11-13-15-17-19-20-22-24-26-28-30-32-34-39(49)44(52)46-37(36-56-45-42(51)43(58-59(53,54)55)41(50)40(35-47)57-45)38(48)33-31-29-27-25-23-21-18-16-14-12-10-8-6-4-2/h17,19,37-43,45,47-51H,3-16,18,20-36H2,1-2H3,(H,46,52)(H,53,54,55)/b19-17-. The van der Waals surface area contributed by atoms with Crippen molar-refractivity contribution in [3.05, 3.63) is 12.2 Å². The number of hydrogen-bond donors (Lipinski definition) is 7. The van der Waals surface area contributed by atoms with Gasteiger partial charge in [-0.15, -0.1) is 0 Å². The fourth-order valence-electron chi connectivity index (χ4n) is 7.64. The fraction of sp³-hybridized carbons (Fsp3) is 0.933. The molecule has 13 nitrogen and oxygen atoms in total. The third-order valence-corrected chi connectivity index (χ3v) is 11.9. The highest BCUT2D eigenvalue weighted by Crippen LogP contribution is 2.26. The van der Waals surface area contributed by atoms with Crippen molar-refractivity contribution in [1.29, 1.82) is 0 Å². The number of amides is 1. The summed E-state index contributed by atoms with van der Waals surface area (Å²) >= 11 is 0. The summed E-state index contributed by atoms with van der Waals surface area (Å²) in [6, 6.07) is -1.03. The minimum absolute atomic E-state index is 0.255. The molecule has 8 atom stereocenters. The number of aliphatic hydroxyl groups excluding tert-OH is 5. The first-order chi connectivity index (χ1) is 28.4. The van der Waals surface area contributed by atoms with Crippen LogP contribution in [0.5, 0.6) is 0 Å². The SMILES string of the molecule is CCCCCCCC/C=C\CCCCCCCCC(O)C(=O)NC(COC1OC(CO)C(O)C(OS(=O)(=O)O)C1O)C(O)CCCCCCCCCCCCCCCC. The number of allylic oxidation sites excluding steroid dienone is 2. The van der Waals surface area contributed by atoms with E-state index in [1.54, 1.807) is 0 Å². The van der Waals surface area contributed by atoms with Crippen LogP contribution >= 0.6 is 0 Å². The van der Waals surface area contributed by atoms with Crippen molar-refractivity contribution in [2.75, 3.05) is 13.2 Å². The lowest BCUT2D eigenvalue weighted by molar-refractivity contribution is -0.298. The number of unbranched alkanes of at least 4 members (excludes halogenated alkanes) is 25. The Hall–Kier alpha value is -1.20. The van der Waals surface area contributed by atoms with Crippen LogP contribution in [-0.4, -0.2) is 107 Å². The van der Waals surface area contributed by atoms with E-state index in [1.165, 1.54) is 103 Å². The first-order valence-corrected chi connectivity index (χ1v) is 25.0. The molecule has 0 aromatic heterocycles. The van der Waals surface area contributed by atoms with Gasteiger partial charge in [0.05, 0.1) is 25.4 Å². The molecule has 14 heteroatoms. The molecule has 1 amide bonds. The summed E-state index contributed by atoms with van der Waals surface area (Å²) in [6.45, 7) is 3.27. The molecule has 0 radical (unpaired) electrons. The van der Waals surface area contributed by atoms with Gasteiger partial charge in [-0.05, 0) is 38.5 Å². The van der Waals surface area contributed by atoms with Gasteiger partial charge in [0.2, 0.25) is 5.91 Å². The maximum absolute atomic E-state index is 13.1. The average Bonchev–Trinajstić information content (AvgIpc) is 3.20. The number of hydrogen-bond acceptors (Lipinski definition) is 11. The lowest BCUT2D eigenvalue weighted by Gasteiger charge is -2.41. The minimum Gasteiger partial charge on any atom is -0.394 e. The number of carbonyl (C=O) groups is 1. The first kappa shape index (κ1) is 55.8. The fourth-order valence-corrected chi connectivity index (χ4v) is 8.15. The molecular formula is C45H87NO12S. The maximum Gasteiger partial charge on any atom is 0.397 e. The highest BCUT2D eigenvalue weighted by atomic mass is 32.3. The molecule has 0 bridgehead atoms. The van der Waals surface area contributed by atoms with Crippen molar-refractivity contribution in [2.45, 2.75) is 255 Å².